The van der Waals surface area contributed by atoms with E-state index in [-0.39, 0.29) is 5.69 Å². The highest BCUT2D eigenvalue weighted by Gasteiger charge is 2.18. The van der Waals surface area contributed by atoms with Gasteiger partial charge >= 0.3 is 0 Å². The van der Waals surface area contributed by atoms with Gasteiger partial charge in [0.2, 0.25) is 0 Å². The van der Waals surface area contributed by atoms with E-state index in [0.717, 1.165) is 37.7 Å². The molecule has 0 saturated carbocycles. The van der Waals surface area contributed by atoms with E-state index in [9.17, 15) is 10.1 Å². The van der Waals surface area contributed by atoms with Gasteiger partial charge in [0.05, 0.1) is 35.6 Å². The van der Waals surface area contributed by atoms with Crippen LogP contribution in [0.15, 0.2) is 64.0 Å². The number of hydrogen-bond acceptors (Lipinski definition) is 6. The molecule has 1 aromatic heterocycles. The van der Waals surface area contributed by atoms with Gasteiger partial charge in [0, 0.05) is 29.9 Å². The Kier molecular flexibility index (Phi) is 5.59. The van der Waals surface area contributed by atoms with E-state index in [4.69, 9.17) is 20.8 Å². The maximum absolute atomic E-state index is 11.3. The van der Waals surface area contributed by atoms with Crippen molar-refractivity contribution in [2.75, 3.05) is 31.2 Å². The average molecular weight is 412 g/mol. The SMILES string of the molecule is O=[N+]([O-])c1cc(Cl)ccc1-c1ccc(C=Nc2ccc(N3CCOCC3)cc2)o1. The van der Waals surface area contributed by atoms with Crippen LogP contribution in [0.25, 0.3) is 11.3 Å². The Morgan fingerprint density at radius 3 is 2.55 bits per heavy atom. The number of anilines is 1. The van der Waals surface area contributed by atoms with Crippen molar-refractivity contribution in [1.29, 1.82) is 0 Å². The number of halogens is 1. The first kappa shape index (κ1) is 19.2. The summed E-state index contributed by atoms with van der Waals surface area (Å²) in [4.78, 5) is 17.5. The topological polar surface area (TPSA) is 81.1 Å². The average Bonchev–Trinajstić information content (AvgIpc) is 3.22. The smallest absolute Gasteiger partial charge is 0.281 e. The summed E-state index contributed by atoms with van der Waals surface area (Å²) < 4.78 is 11.1. The predicted molar refractivity (Wildman–Crippen MR) is 113 cm³/mol. The summed E-state index contributed by atoms with van der Waals surface area (Å²) in [5.74, 6) is 0.888. The van der Waals surface area contributed by atoms with Gasteiger partial charge in [0.1, 0.15) is 11.5 Å². The molecule has 2 heterocycles. The number of benzene rings is 2. The lowest BCUT2D eigenvalue weighted by Gasteiger charge is -2.28. The summed E-state index contributed by atoms with van der Waals surface area (Å²) in [5.41, 5.74) is 2.20. The summed E-state index contributed by atoms with van der Waals surface area (Å²) in [7, 11) is 0. The molecule has 2 aromatic carbocycles. The van der Waals surface area contributed by atoms with Gasteiger partial charge in [-0.3, -0.25) is 15.1 Å². The summed E-state index contributed by atoms with van der Waals surface area (Å²) in [5, 5.41) is 11.6. The van der Waals surface area contributed by atoms with Crippen LogP contribution >= 0.6 is 11.6 Å². The molecule has 7 nitrogen and oxygen atoms in total. The van der Waals surface area contributed by atoms with Crippen molar-refractivity contribution in [1.82, 2.24) is 0 Å². The molecule has 3 aromatic rings. The first-order valence-electron chi connectivity index (χ1n) is 9.11. The second-order valence-electron chi connectivity index (χ2n) is 6.49. The molecule has 1 aliphatic rings. The molecule has 148 valence electrons. The standard InChI is InChI=1S/C21H18ClN3O4/c22-15-1-7-19(20(13-15)25(26)27)21-8-6-18(29-21)14-23-16-2-4-17(5-3-16)24-9-11-28-12-10-24/h1-8,13-14H,9-12H2. The third-order valence-electron chi connectivity index (χ3n) is 4.62. The number of rotatable bonds is 5. The summed E-state index contributed by atoms with van der Waals surface area (Å²) in [6.45, 7) is 3.25. The van der Waals surface area contributed by atoms with E-state index < -0.39 is 4.92 Å². The number of ether oxygens (including phenoxy) is 1. The predicted octanol–water partition coefficient (Wildman–Crippen LogP) is 5.10. The molecule has 4 rings (SSSR count). The van der Waals surface area contributed by atoms with E-state index in [1.807, 2.05) is 24.3 Å². The number of aliphatic imine (C=N–C) groups is 1. The van der Waals surface area contributed by atoms with Gasteiger partial charge in [-0.05, 0) is 48.5 Å². The fourth-order valence-corrected chi connectivity index (χ4v) is 3.31. The van der Waals surface area contributed by atoms with Crippen molar-refractivity contribution >= 4 is 34.9 Å². The maximum Gasteiger partial charge on any atom is 0.281 e. The first-order valence-corrected chi connectivity index (χ1v) is 9.49. The monoisotopic (exact) mass is 411 g/mol. The molecule has 0 amide bonds. The van der Waals surface area contributed by atoms with E-state index in [1.165, 1.54) is 6.07 Å². The quantitative estimate of drug-likeness (QED) is 0.331. The van der Waals surface area contributed by atoms with E-state index in [2.05, 4.69) is 9.89 Å². The molecule has 0 radical (unpaired) electrons. The lowest BCUT2D eigenvalue weighted by molar-refractivity contribution is -0.384. The number of hydrogen-bond donors (Lipinski definition) is 0. The summed E-state index contributed by atoms with van der Waals surface area (Å²) >= 11 is 5.87. The van der Waals surface area contributed by atoms with Crippen LogP contribution in [0.4, 0.5) is 17.1 Å². The van der Waals surface area contributed by atoms with E-state index >= 15 is 0 Å². The molecule has 0 spiro atoms. The lowest BCUT2D eigenvalue weighted by atomic mass is 10.1. The molecular formula is C21H18ClN3O4. The largest absolute Gasteiger partial charge is 0.455 e. The Hall–Kier alpha value is -3.16. The minimum Gasteiger partial charge on any atom is -0.455 e. The van der Waals surface area contributed by atoms with Crippen LogP contribution in [0.2, 0.25) is 5.02 Å². The highest BCUT2D eigenvalue weighted by molar-refractivity contribution is 6.30. The van der Waals surface area contributed by atoms with Gasteiger partial charge in [-0.2, -0.15) is 0 Å². The highest BCUT2D eigenvalue weighted by Crippen LogP contribution is 2.33. The Morgan fingerprint density at radius 1 is 1.07 bits per heavy atom. The second-order valence-corrected chi connectivity index (χ2v) is 6.93. The van der Waals surface area contributed by atoms with Crippen molar-refractivity contribution in [2.24, 2.45) is 4.99 Å². The highest BCUT2D eigenvalue weighted by atomic mass is 35.5. The molecule has 1 fully saturated rings. The van der Waals surface area contributed by atoms with Crippen LogP contribution in [0, 0.1) is 10.1 Å². The molecule has 0 N–H and O–H groups in total. The minimum absolute atomic E-state index is 0.103. The van der Waals surface area contributed by atoms with Crippen molar-refractivity contribution < 1.29 is 14.1 Å². The van der Waals surface area contributed by atoms with Crippen LogP contribution in [0.1, 0.15) is 5.76 Å². The lowest BCUT2D eigenvalue weighted by Crippen LogP contribution is -2.36. The zero-order valence-electron chi connectivity index (χ0n) is 15.5. The van der Waals surface area contributed by atoms with Gasteiger partial charge in [-0.1, -0.05) is 11.6 Å². The van der Waals surface area contributed by atoms with Gasteiger partial charge in [-0.15, -0.1) is 0 Å². The molecule has 0 atom stereocenters. The van der Waals surface area contributed by atoms with Crippen LogP contribution in [-0.4, -0.2) is 37.4 Å². The van der Waals surface area contributed by atoms with Gasteiger partial charge in [0.15, 0.2) is 0 Å². The number of nitro benzene ring substituents is 1. The van der Waals surface area contributed by atoms with Crippen molar-refractivity contribution in [3.63, 3.8) is 0 Å². The third kappa shape index (κ3) is 4.47. The Morgan fingerprint density at radius 2 is 1.83 bits per heavy atom. The molecule has 1 aliphatic heterocycles. The normalized spacial score (nSPS) is 14.4. The number of morpholine rings is 1. The number of nitro groups is 1. The van der Waals surface area contributed by atoms with Gasteiger partial charge in [0.25, 0.3) is 5.69 Å². The third-order valence-corrected chi connectivity index (χ3v) is 4.85. The van der Waals surface area contributed by atoms with Crippen LogP contribution in [-0.2, 0) is 4.74 Å². The molecule has 8 heteroatoms. The van der Waals surface area contributed by atoms with Gasteiger partial charge in [-0.25, -0.2) is 0 Å². The molecule has 0 bridgehead atoms. The Balaban J connectivity index is 1.49. The molecule has 0 unspecified atom stereocenters. The maximum atomic E-state index is 11.3. The zero-order valence-corrected chi connectivity index (χ0v) is 16.2. The molecule has 29 heavy (non-hydrogen) atoms. The van der Waals surface area contributed by atoms with Crippen molar-refractivity contribution in [2.45, 2.75) is 0 Å². The van der Waals surface area contributed by atoms with E-state index in [0.29, 0.717) is 22.1 Å². The van der Waals surface area contributed by atoms with Gasteiger partial charge < -0.3 is 14.1 Å². The summed E-state index contributed by atoms with van der Waals surface area (Å²) in [6.07, 6.45) is 1.59. The molecular weight excluding hydrogens is 394 g/mol. The van der Waals surface area contributed by atoms with Crippen molar-refractivity contribution in [3.8, 4) is 11.3 Å². The van der Waals surface area contributed by atoms with Crippen LogP contribution in [0.5, 0.6) is 0 Å². The number of nitrogens with zero attached hydrogens (tertiary/aromatic N) is 3. The molecule has 1 saturated heterocycles. The fraction of sp³-hybridized carbons (Fsp3) is 0.190. The fourth-order valence-electron chi connectivity index (χ4n) is 3.14. The number of furan rings is 1. The zero-order chi connectivity index (χ0) is 20.2. The first-order chi connectivity index (χ1) is 14.1. The Labute approximate surface area is 172 Å². The molecule has 0 aliphatic carbocycles. The van der Waals surface area contributed by atoms with Crippen LogP contribution in [0.3, 0.4) is 0 Å². The van der Waals surface area contributed by atoms with Crippen molar-refractivity contribution in [3.05, 3.63) is 75.5 Å². The van der Waals surface area contributed by atoms with E-state index in [1.54, 1.807) is 30.5 Å². The Bertz CT molecular complexity index is 1040. The van der Waals surface area contributed by atoms with Crippen LogP contribution < -0.4 is 4.90 Å². The summed E-state index contributed by atoms with van der Waals surface area (Å²) in [6, 6.07) is 15.8. The second kappa shape index (κ2) is 8.46. The minimum atomic E-state index is -0.479.